The summed E-state index contributed by atoms with van der Waals surface area (Å²) in [6, 6.07) is 13.3. The van der Waals surface area contributed by atoms with E-state index in [0.29, 0.717) is 15.3 Å². The van der Waals surface area contributed by atoms with Crippen LogP contribution in [0.3, 0.4) is 0 Å². The van der Waals surface area contributed by atoms with E-state index in [1.807, 2.05) is 34.9 Å². The molecule has 0 spiro atoms. The van der Waals surface area contributed by atoms with Crippen molar-refractivity contribution in [3.63, 3.8) is 0 Å². The molecule has 1 heterocycles. The van der Waals surface area contributed by atoms with Crippen LogP contribution in [0.1, 0.15) is 24.8 Å². The predicted molar refractivity (Wildman–Crippen MR) is 123 cm³/mol. The van der Waals surface area contributed by atoms with Crippen molar-refractivity contribution < 1.29 is 19.5 Å². The van der Waals surface area contributed by atoms with Crippen molar-refractivity contribution in [2.24, 2.45) is 11.7 Å². The number of nitrogens with two attached hydrogens (primary N) is 1. The van der Waals surface area contributed by atoms with Crippen LogP contribution in [0, 0.1) is 17.2 Å². The molecule has 0 aliphatic heterocycles. The number of nitrogens with zero attached hydrogens (tertiary/aromatic N) is 3. The molecule has 2 aromatic carbocycles. The molecule has 0 radical (unpaired) electrons. The summed E-state index contributed by atoms with van der Waals surface area (Å²) in [4.78, 5) is 39.1. The number of carboxylic acid groups (broad SMARTS) is 1. The number of rotatable bonds is 10. The minimum Gasteiger partial charge on any atom is -0.481 e. The number of benzene rings is 2. The number of aliphatic carboxylic acids is 1. The Bertz CT molecular complexity index is 1230. The summed E-state index contributed by atoms with van der Waals surface area (Å²) in [6.07, 6.45) is 1.38. The molecule has 1 unspecified atom stereocenters. The SMILES string of the molecule is N#Cc1ccc(-n2c(Br)cnc2SCC(=O)CC(CCC(N)=O)C(=O)O)c2ccccc12. The van der Waals surface area contributed by atoms with Gasteiger partial charge in [0.05, 0.1) is 35.2 Å². The Morgan fingerprint density at radius 3 is 2.59 bits per heavy atom. The highest BCUT2D eigenvalue weighted by atomic mass is 79.9. The van der Waals surface area contributed by atoms with Crippen molar-refractivity contribution in [1.82, 2.24) is 9.55 Å². The lowest BCUT2D eigenvalue weighted by molar-refractivity contribution is -0.143. The fraction of sp³-hybridized carbons (Fsp3) is 0.227. The number of carbonyl (C=O) groups is 3. The Morgan fingerprint density at radius 2 is 1.94 bits per heavy atom. The van der Waals surface area contributed by atoms with Gasteiger partial charge in [0.25, 0.3) is 0 Å². The van der Waals surface area contributed by atoms with Crippen molar-refractivity contribution >= 4 is 56.1 Å². The van der Waals surface area contributed by atoms with E-state index in [0.717, 1.165) is 16.5 Å². The molecule has 0 fully saturated rings. The highest BCUT2D eigenvalue weighted by Gasteiger charge is 2.23. The first-order valence-electron chi connectivity index (χ1n) is 9.63. The number of carbonyl (C=O) groups excluding carboxylic acids is 2. The van der Waals surface area contributed by atoms with Crippen LogP contribution in [0.4, 0.5) is 0 Å². The van der Waals surface area contributed by atoms with Crippen molar-refractivity contribution in [2.45, 2.75) is 24.4 Å². The largest absolute Gasteiger partial charge is 0.481 e. The average molecular weight is 515 g/mol. The van der Waals surface area contributed by atoms with E-state index < -0.39 is 17.8 Å². The van der Waals surface area contributed by atoms with Gasteiger partial charge in [0.1, 0.15) is 10.4 Å². The topological polar surface area (TPSA) is 139 Å². The van der Waals surface area contributed by atoms with Gasteiger partial charge in [0.15, 0.2) is 5.16 Å². The molecule has 0 saturated carbocycles. The molecule has 0 saturated heterocycles. The third kappa shape index (κ3) is 5.36. The van der Waals surface area contributed by atoms with Crippen molar-refractivity contribution in [1.29, 1.82) is 5.26 Å². The minimum absolute atomic E-state index is 0.0258. The summed E-state index contributed by atoms with van der Waals surface area (Å²) in [5.41, 5.74) is 6.44. The predicted octanol–water partition coefficient (Wildman–Crippen LogP) is 3.68. The second kappa shape index (κ2) is 10.4. The maximum absolute atomic E-state index is 12.4. The fourth-order valence-electron chi connectivity index (χ4n) is 3.32. The van der Waals surface area contributed by atoms with Crippen LogP contribution in [0.5, 0.6) is 0 Å². The Labute approximate surface area is 196 Å². The first kappa shape index (κ1) is 23.5. The molecule has 164 valence electrons. The third-order valence-corrected chi connectivity index (χ3v) is 6.45. The van der Waals surface area contributed by atoms with Gasteiger partial charge in [-0.1, -0.05) is 36.0 Å². The Morgan fingerprint density at radius 1 is 1.22 bits per heavy atom. The van der Waals surface area contributed by atoms with E-state index >= 15 is 0 Å². The summed E-state index contributed by atoms with van der Waals surface area (Å²) < 4.78 is 2.51. The zero-order valence-corrected chi connectivity index (χ0v) is 19.2. The third-order valence-electron chi connectivity index (χ3n) is 4.87. The van der Waals surface area contributed by atoms with Crippen LogP contribution in [-0.2, 0) is 14.4 Å². The number of Topliss-reactive ketones (excluding diaryl/α,β-unsaturated/α-hetero) is 1. The van der Waals surface area contributed by atoms with Crippen LogP contribution in [-0.4, -0.2) is 38.1 Å². The van der Waals surface area contributed by atoms with E-state index in [-0.39, 0.29) is 30.8 Å². The number of imidazole rings is 1. The van der Waals surface area contributed by atoms with E-state index in [1.54, 1.807) is 12.3 Å². The Kier molecular flexibility index (Phi) is 7.66. The smallest absolute Gasteiger partial charge is 0.306 e. The summed E-state index contributed by atoms with van der Waals surface area (Å²) >= 11 is 4.68. The number of carboxylic acids is 1. The first-order chi connectivity index (χ1) is 15.3. The maximum Gasteiger partial charge on any atom is 0.306 e. The summed E-state index contributed by atoms with van der Waals surface area (Å²) in [6.45, 7) is 0. The van der Waals surface area contributed by atoms with Crippen molar-refractivity contribution in [3.05, 3.63) is 52.8 Å². The standard InChI is InChI=1S/C22H19BrN4O4S/c23-19-11-26-22(32-12-15(28)9-13(21(30)31)6-8-20(25)29)27(19)18-7-5-14(10-24)16-3-1-2-4-17(16)18/h1-5,7,11,13H,6,8-9,12H2,(H2,25,29)(H,30,31). The number of hydrogen-bond acceptors (Lipinski definition) is 6. The summed E-state index contributed by atoms with van der Waals surface area (Å²) in [5.74, 6) is -2.91. The van der Waals surface area contributed by atoms with Gasteiger partial charge in [-0.15, -0.1) is 0 Å². The molecule has 1 aromatic heterocycles. The number of fused-ring (bicyclic) bond motifs is 1. The summed E-state index contributed by atoms with van der Waals surface area (Å²) in [5, 5.41) is 20.9. The minimum atomic E-state index is -1.13. The van der Waals surface area contributed by atoms with Gasteiger partial charge < -0.3 is 10.8 Å². The Hall–Kier alpha value is -3.16. The number of amides is 1. The molecule has 3 aromatic rings. The normalized spacial score (nSPS) is 11.8. The zero-order chi connectivity index (χ0) is 23.3. The number of aromatic nitrogens is 2. The van der Waals surface area contributed by atoms with Crippen molar-refractivity contribution in [2.75, 3.05) is 5.75 Å². The number of hydrogen-bond donors (Lipinski definition) is 2. The molecule has 0 bridgehead atoms. The molecule has 1 amide bonds. The van der Waals surface area contributed by atoms with Crippen LogP contribution in [0.25, 0.3) is 16.5 Å². The molecule has 0 aliphatic rings. The molecule has 8 nitrogen and oxygen atoms in total. The highest BCUT2D eigenvalue weighted by Crippen LogP contribution is 2.32. The lowest BCUT2D eigenvalue weighted by Crippen LogP contribution is -2.22. The molecule has 1 atom stereocenters. The quantitative estimate of drug-likeness (QED) is 0.393. The molecule has 3 N–H and O–H groups in total. The number of thioether (sulfide) groups is 1. The Balaban J connectivity index is 1.81. The maximum atomic E-state index is 12.4. The van der Waals surface area contributed by atoms with E-state index in [2.05, 4.69) is 27.0 Å². The molecular weight excluding hydrogens is 496 g/mol. The zero-order valence-electron chi connectivity index (χ0n) is 16.8. The molecule has 10 heteroatoms. The fourth-order valence-corrected chi connectivity index (χ4v) is 4.76. The molecular formula is C22H19BrN4O4S. The molecule has 3 rings (SSSR count). The average Bonchev–Trinajstić information content (AvgIpc) is 3.14. The van der Waals surface area contributed by atoms with Crippen LogP contribution < -0.4 is 5.73 Å². The van der Waals surface area contributed by atoms with Crippen LogP contribution in [0.2, 0.25) is 0 Å². The molecule has 32 heavy (non-hydrogen) atoms. The van der Waals surface area contributed by atoms with E-state index in [4.69, 9.17) is 5.73 Å². The van der Waals surface area contributed by atoms with Gasteiger partial charge in [-0.25, -0.2) is 4.98 Å². The summed E-state index contributed by atoms with van der Waals surface area (Å²) in [7, 11) is 0. The first-order valence-corrected chi connectivity index (χ1v) is 11.4. The van der Waals surface area contributed by atoms with Gasteiger partial charge in [0, 0.05) is 23.6 Å². The number of halogens is 1. The second-order valence-electron chi connectivity index (χ2n) is 7.06. The van der Waals surface area contributed by atoms with Gasteiger partial charge in [-0.2, -0.15) is 5.26 Å². The number of nitriles is 1. The lowest BCUT2D eigenvalue weighted by Gasteiger charge is -2.13. The van der Waals surface area contributed by atoms with Gasteiger partial charge in [-0.05, 0) is 34.5 Å². The van der Waals surface area contributed by atoms with Gasteiger partial charge in [0.2, 0.25) is 5.91 Å². The van der Waals surface area contributed by atoms with E-state index in [9.17, 15) is 24.8 Å². The monoisotopic (exact) mass is 514 g/mol. The van der Waals surface area contributed by atoms with Crippen LogP contribution in [0.15, 0.2) is 52.4 Å². The second-order valence-corrected chi connectivity index (χ2v) is 8.82. The van der Waals surface area contributed by atoms with Gasteiger partial charge >= 0.3 is 5.97 Å². The van der Waals surface area contributed by atoms with E-state index in [1.165, 1.54) is 11.8 Å². The number of primary amides is 1. The van der Waals surface area contributed by atoms with Crippen molar-refractivity contribution in [3.8, 4) is 11.8 Å². The van der Waals surface area contributed by atoms with Gasteiger partial charge in [-0.3, -0.25) is 19.0 Å². The molecule has 0 aliphatic carbocycles. The lowest BCUT2D eigenvalue weighted by atomic mass is 9.97. The number of ketones is 1. The highest BCUT2D eigenvalue weighted by molar-refractivity contribution is 9.10. The van der Waals surface area contributed by atoms with Crippen LogP contribution >= 0.6 is 27.7 Å².